The number of rotatable bonds is 15. The van der Waals surface area contributed by atoms with Crippen LogP contribution in [0, 0.1) is 0 Å². The summed E-state index contributed by atoms with van der Waals surface area (Å²) in [7, 11) is 8.21. The van der Waals surface area contributed by atoms with Crippen molar-refractivity contribution in [3.8, 4) is 0 Å². The lowest BCUT2D eigenvalue weighted by molar-refractivity contribution is -0.679. The minimum absolute atomic E-state index is 0.532. The van der Waals surface area contributed by atoms with Crippen LogP contribution in [-0.4, -0.2) is 54.6 Å². The Kier molecular flexibility index (Phi) is 11.0. The molecule has 0 fully saturated rings. The highest BCUT2D eigenvalue weighted by molar-refractivity contribution is 7.18. The molecule has 0 saturated carbocycles. The molecule has 0 aliphatic heterocycles. The van der Waals surface area contributed by atoms with Crippen LogP contribution in [0.15, 0.2) is 101 Å². The topological polar surface area (TPSA) is 45.8 Å². The van der Waals surface area contributed by atoms with Gasteiger partial charge in [-0.3, -0.25) is 0 Å². The summed E-state index contributed by atoms with van der Waals surface area (Å²) < 4.78 is 24.0. The van der Waals surface area contributed by atoms with Gasteiger partial charge < -0.3 is 23.7 Å². The van der Waals surface area contributed by atoms with Gasteiger partial charge in [-0.25, -0.2) is 0 Å². The van der Waals surface area contributed by atoms with E-state index in [0.29, 0.717) is 33.0 Å². The van der Waals surface area contributed by atoms with Crippen molar-refractivity contribution in [3.05, 3.63) is 119 Å². The number of thiazole rings is 1. The summed E-state index contributed by atoms with van der Waals surface area (Å²) >= 11 is 1.80. The third-order valence-electron chi connectivity index (χ3n) is 8.22. The average molecular weight is 661 g/mol. The Morgan fingerprint density at radius 2 is 1.12 bits per heavy atom. The summed E-state index contributed by atoms with van der Waals surface area (Å²) in [4.78, 5) is 4.21. The van der Waals surface area contributed by atoms with E-state index < -0.39 is 0 Å². The van der Waals surface area contributed by atoms with Gasteiger partial charge in [-0.15, -0.1) is 0 Å². The van der Waals surface area contributed by atoms with E-state index in [1.165, 1.54) is 32.2 Å². The first-order valence-corrected chi connectivity index (χ1v) is 17.2. The van der Waals surface area contributed by atoms with E-state index in [4.69, 9.17) is 13.9 Å². The number of aromatic nitrogens is 2. The fourth-order valence-electron chi connectivity index (χ4n) is 5.55. The number of hydrogen-bond donors (Lipinski definition) is 0. The van der Waals surface area contributed by atoms with Crippen LogP contribution in [0.4, 0.5) is 11.4 Å². The zero-order valence-corrected chi connectivity index (χ0v) is 29.0. The van der Waals surface area contributed by atoms with Gasteiger partial charge in [-0.2, -0.15) is 9.13 Å². The quantitative estimate of drug-likeness (QED) is 0.0847. The van der Waals surface area contributed by atoms with Crippen molar-refractivity contribution in [2.75, 3.05) is 64.4 Å². The van der Waals surface area contributed by atoms with Gasteiger partial charge in [-0.1, -0.05) is 59.9 Å². The second-order valence-electron chi connectivity index (χ2n) is 12.0. The first-order chi connectivity index (χ1) is 23.5. The molecule has 0 spiro atoms. The zero-order valence-electron chi connectivity index (χ0n) is 28.2. The molecule has 0 unspecified atom stereocenters. The van der Waals surface area contributed by atoms with E-state index in [1.54, 1.807) is 11.3 Å². The monoisotopic (exact) mass is 660 g/mol. The molecule has 0 N–H and O–H groups in total. The minimum atomic E-state index is 0.532. The largest absolute Gasteiger partial charge is 0.398 e. The number of fused-ring (bicyclic) bond motifs is 2. The van der Waals surface area contributed by atoms with Crippen molar-refractivity contribution in [2.24, 2.45) is 0 Å². The summed E-state index contributed by atoms with van der Waals surface area (Å²) in [6.07, 6.45) is 8.50. The van der Waals surface area contributed by atoms with Gasteiger partial charge in [-0.05, 0) is 59.7 Å². The molecule has 8 heteroatoms. The maximum Gasteiger partial charge on any atom is 0.374 e. The second kappa shape index (κ2) is 15.9. The SMILES string of the molecule is CN(C)c1ccc(/C=C/c2oc3ccccc3[n+]2CCOCCOCC[n+]2c(/C=C/c3ccc(N(C)C)cc3)sc3ccccc32)cc1. The predicted molar refractivity (Wildman–Crippen MR) is 199 cm³/mol. The molecule has 0 amide bonds. The number of para-hydroxylation sites is 3. The molecule has 246 valence electrons. The number of ether oxygens (including phenoxy) is 2. The molecule has 0 saturated heterocycles. The molecular weight excluding hydrogens is 617 g/mol. The van der Waals surface area contributed by atoms with E-state index in [-0.39, 0.29) is 0 Å². The molecule has 6 rings (SSSR count). The minimum Gasteiger partial charge on any atom is -0.398 e. The van der Waals surface area contributed by atoms with Crippen molar-refractivity contribution in [1.29, 1.82) is 0 Å². The highest BCUT2D eigenvalue weighted by atomic mass is 32.1. The van der Waals surface area contributed by atoms with Crippen LogP contribution in [0.5, 0.6) is 0 Å². The lowest BCUT2D eigenvalue weighted by Crippen LogP contribution is -2.38. The number of anilines is 2. The highest BCUT2D eigenvalue weighted by Gasteiger charge is 2.20. The smallest absolute Gasteiger partial charge is 0.374 e. The predicted octanol–water partition coefficient (Wildman–Crippen LogP) is 7.43. The van der Waals surface area contributed by atoms with Crippen molar-refractivity contribution in [3.63, 3.8) is 0 Å². The molecule has 7 nitrogen and oxygen atoms in total. The summed E-state index contributed by atoms with van der Waals surface area (Å²) in [5.41, 5.74) is 7.80. The van der Waals surface area contributed by atoms with E-state index >= 15 is 0 Å². The zero-order chi connectivity index (χ0) is 33.3. The maximum absolute atomic E-state index is 6.20. The number of hydrogen-bond acceptors (Lipinski definition) is 6. The molecule has 4 aromatic carbocycles. The Hall–Kier alpha value is -4.76. The Labute approximate surface area is 287 Å². The van der Waals surface area contributed by atoms with Crippen molar-refractivity contribution in [2.45, 2.75) is 13.1 Å². The Morgan fingerprint density at radius 3 is 1.75 bits per heavy atom. The van der Waals surface area contributed by atoms with E-state index in [1.807, 2.05) is 38.4 Å². The first-order valence-electron chi connectivity index (χ1n) is 16.4. The van der Waals surface area contributed by atoms with Gasteiger partial charge in [0.05, 0.1) is 19.3 Å². The first kappa shape index (κ1) is 33.2. The summed E-state index contributed by atoms with van der Waals surface area (Å²) in [6.45, 7) is 3.69. The van der Waals surface area contributed by atoms with Crippen LogP contribution in [0.25, 0.3) is 45.6 Å². The van der Waals surface area contributed by atoms with Crippen LogP contribution in [0.2, 0.25) is 0 Å². The van der Waals surface area contributed by atoms with Crippen LogP contribution in [0.3, 0.4) is 0 Å². The Bertz CT molecular complexity index is 1840. The Morgan fingerprint density at radius 1 is 0.583 bits per heavy atom. The molecule has 48 heavy (non-hydrogen) atoms. The average Bonchev–Trinajstić information content (AvgIpc) is 3.65. The molecule has 2 aromatic heterocycles. The summed E-state index contributed by atoms with van der Waals surface area (Å²) in [5, 5.41) is 1.20. The summed E-state index contributed by atoms with van der Waals surface area (Å²) in [6, 6.07) is 33.7. The van der Waals surface area contributed by atoms with Crippen LogP contribution in [-0.2, 0) is 22.6 Å². The third-order valence-corrected chi connectivity index (χ3v) is 9.35. The fraction of sp³-hybridized carbons (Fsp3) is 0.250. The standard InChI is InChI=1S/C40H44N4O3S/c1-41(2)33-19-13-31(14-20-33)17-23-39-43(35-9-5-7-11-37(35)47-39)25-27-45-29-30-46-28-26-44-36-10-6-8-12-38(36)48-40(44)24-18-32-15-21-34(22-16-32)42(3)4/h5-24H,25-30H2,1-4H3/q+2. The molecule has 0 aliphatic rings. The lowest BCUT2D eigenvalue weighted by atomic mass is 10.2. The van der Waals surface area contributed by atoms with Gasteiger partial charge in [0.2, 0.25) is 11.1 Å². The fourth-order valence-corrected chi connectivity index (χ4v) is 6.64. The van der Waals surface area contributed by atoms with E-state index in [0.717, 1.165) is 29.1 Å². The van der Waals surface area contributed by atoms with Crippen LogP contribution in [0.1, 0.15) is 22.0 Å². The summed E-state index contributed by atoms with van der Waals surface area (Å²) in [5.74, 6) is 0.795. The van der Waals surface area contributed by atoms with Gasteiger partial charge in [0.25, 0.3) is 10.5 Å². The van der Waals surface area contributed by atoms with Gasteiger partial charge >= 0.3 is 5.89 Å². The van der Waals surface area contributed by atoms with E-state index in [2.05, 4.69) is 130 Å². The molecule has 0 radical (unpaired) electrons. The van der Waals surface area contributed by atoms with Crippen molar-refractivity contribution >= 4 is 68.3 Å². The van der Waals surface area contributed by atoms with Gasteiger partial charge in [0, 0.05) is 57.8 Å². The molecule has 0 bridgehead atoms. The Balaban J connectivity index is 1.01. The molecular formula is C40H44N4O3S+2. The van der Waals surface area contributed by atoms with Gasteiger partial charge in [0.15, 0.2) is 13.1 Å². The van der Waals surface area contributed by atoms with Crippen molar-refractivity contribution in [1.82, 2.24) is 0 Å². The normalized spacial score (nSPS) is 11.8. The third kappa shape index (κ3) is 8.20. The van der Waals surface area contributed by atoms with E-state index in [9.17, 15) is 0 Å². The van der Waals surface area contributed by atoms with Crippen LogP contribution < -0.4 is 18.9 Å². The molecule has 0 atom stereocenters. The number of oxazole rings is 1. The van der Waals surface area contributed by atoms with Gasteiger partial charge in [0.1, 0.15) is 17.9 Å². The second-order valence-corrected chi connectivity index (χ2v) is 13.0. The van der Waals surface area contributed by atoms with Crippen molar-refractivity contribution < 1.29 is 23.0 Å². The molecule has 6 aromatic rings. The lowest BCUT2D eigenvalue weighted by Gasteiger charge is -2.11. The number of benzene rings is 4. The maximum atomic E-state index is 6.20. The van der Waals surface area contributed by atoms with Crippen LogP contribution >= 0.6 is 11.3 Å². The number of nitrogens with zero attached hydrogens (tertiary/aromatic N) is 4. The molecule has 0 aliphatic carbocycles. The highest BCUT2D eigenvalue weighted by Crippen LogP contribution is 2.23. The molecule has 2 heterocycles.